The lowest BCUT2D eigenvalue weighted by Crippen LogP contribution is -2.29. The molecule has 1 aliphatic rings. The third kappa shape index (κ3) is 3.57. The average Bonchev–Trinajstić information content (AvgIpc) is 2.84. The maximum atomic E-state index is 12.3. The zero-order valence-electron chi connectivity index (χ0n) is 13.7. The SMILES string of the molecule is Cc1cc2c(cc1C)CN(CC(=O)Nc1cc(Cl)ccc1C)C2. The molecule has 1 aliphatic heterocycles. The summed E-state index contributed by atoms with van der Waals surface area (Å²) in [4.78, 5) is 14.5. The van der Waals surface area contributed by atoms with Crippen LogP contribution < -0.4 is 5.32 Å². The number of carbonyl (C=O) groups excluding carboxylic acids is 1. The molecule has 0 fully saturated rings. The van der Waals surface area contributed by atoms with Crippen LogP contribution in [0, 0.1) is 20.8 Å². The fourth-order valence-corrected chi connectivity index (χ4v) is 3.17. The summed E-state index contributed by atoms with van der Waals surface area (Å²) in [6.07, 6.45) is 0. The molecule has 2 aromatic rings. The molecule has 1 amide bonds. The van der Waals surface area contributed by atoms with Gasteiger partial charge >= 0.3 is 0 Å². The van der Waals surface area contributed by atoms with Crippen molar-refractivity contribution >= 4 is 23.2 Å². The molecule has 23 heavy (non-hydrogen) atoms. The molecule has 2 aromatic carbocycles. The molecule has 0 bridgehead atoms. The highest BCUT2D eigenvalue weighted by Gasteiger charge is 2.21. The van der Waals surface area contributed by atoms with Gasteiger partial charge in [0.2, 0.25) is 5.91 Å². The molecule has 0 saturated heterocycles. The molecular formula is C19H21ClN2O. The number of nitrogens with one attached hydrogen (secondary N) is 1. The van der Waals surface area contributed by atoms with Crippen molar-refractivity contribution in [2.24, 2.45) is 0 Å². The van der Waals surface area contributed by atoms with Crippen LogP contribution >= 0.6 is 11.6 Å². The molecular weight excluding hydrogens is 308 g/mol. The van der Waals surface area contributed by atoms with Crippen LogP contribution in [0.5, 0.6) is 0 Å². The van der Waals surface area contributed by atoms with Crippen molar-refractivity contribution in [1.82, 2.24) is 4.90 Å². The van der Waals surface area contributed by atoms with E-state index in [4.69, 9.17) is 11.6 Å². The van der Waals surface area contributed by atoms with Gasteiger partial charge in [-0.2, -0.15) is 0 Å². The Morgan fingerprint density at radius 2 is 1.65 bits per heavy atom. The number of carbonyl (C=O) groups is 1. The normalized spacial score (nSPS) is 13.9. The quantitative estimate of drug-likeness (QED) is 0.915. The highest BCUT2D eigenvalue weighted by atomic mass is 35.5. The Labute approximate surface area is 142 Å². The first-order valence-corrected chi connectivity index (χ1v) is 8.17. The maximum absolute atomic E-state index is 12.3. The van der Waals surface area contributed by atoms with E-state index in [2.05, 4.69) is 36.2 Å². The summed E-state index contributed by atoms with van der Waals surface area (Å²) < 4.78 is 0. The van der Waals surface area contributed by atoms with Crippen molar-refractivity contribution in [3.05, 3.63) is 63.2 Å². The van der Waals surface area contributed by atoms with Crippen LogP contribution in [0.3, 0.4) is 0 Å². The van der Waals surface area contributed by atoms with Gasteiger partial charge < -0.3 is 5.32 Å². The van der Waals surface area contributed by atoms with Crippen LogP contribution in [-0.4, -0.2) is 17.4 Å². The van der Waals surface area contributed by atoms with Gasteiger partial charge in [-0.3, -0.25) is 9.69 Å². The highest BCUT2D eigenvalue weighted by Crippen LogP contribution is 2.26. The number of nitrogens with zero attached hydrogens (tertiary/aromatic N) is 1. The fraction of sp³-hybridized carbons (Fsp3) is 0.316. The van der Waals surface area contributed by atoms with E-state index in [1.165, 1.54) is 22.3 Å². The number of aryl methyl sites for hydroxylation is 3. The summed E-state index contributed by atoms with van der Waals surface area (Å²) in [5.74, 6) is -0.00313. The fourth-order valence-electron chi connectivity index (χ4n) is 3.00. The number of amides is 1. The Balaban J connectivity index is 1.65. The minimum absolute atomic E-state index is 0.00313. The topological polar surface area (TPSA) is 32.3 Å². The van der Waals surface area contributed by atoms with Crippen LogP contribution in [0.25, 0.3) is 0 Å². The lowest BCUT2D eigenvalue weighted by atomic mass is 10.0. The second-order valence-corrected chi connectivity index (χ2v) is 6.79. The molecule has 0 unspecified atom stereocenters. The van der Waals surface area contributed by atoms with Gasteiger partial charge in [-0.15, -0.1) is 0 Å². The Bertz CT molecular complexity index is 739. The smallest absolute Gasteiger partial charge is 0.238 e. The number of benzene rings is 2. The Hall–Kier alpha value is -1.84. The third-order valence-electron chi connectivity index (χ3n) is 4.44. The summed E-state index contributed by atoms with van der Waals surface area (Å²) in [6, 6.07) is 10.0. The summed E-state index contributed by atoms with van der Waals surface area (Å²) in [6.45, 7) is 8.28. The first kappa shape index (κ1) is 16.0. The van der Waals surface area contributed by atoms with E-state index < -0.39 is 0 Å². The third-order valence-corrected chi connectivity index (χ3v) is 4.68. The molecule has 1 heterocycles. The van der Waals surface area contributed by atoms with Crippen LogP contribution in [0.2, 0.25) is 5.02 Å². The molecule has 0 spiro atoms. The predicted octanol–water partition coefficient (Wildman–Crippen LogP) is 4.22. The molecule has 0 aromatic heterocycles. The van der Waals surface area contributed by atoms with Crippen LogP contribution in [-0.2, 0) is 17.9 Å². The number of rotatable bonds is 3. The zero-order valence-corrected chi connectivity index (χ0v) is 14.5. The molecule has 1 N–H and O–H groups in total. The Morgan fingerprint density at radius 1 is 1.04 bits per heavy atom. The number of hydrogen-bond donors (Lipinski definition) is 1. The summed E-state index contributed by atoms with van der Waals surface area (Å²) in [5.41, 5.74) is 7.08. The van der Waals surface area contributed by atoms with E-state index in [9.17, 15) is 4.79 Å². The monoisotopic (exact) mass is 328 g/mol. The minimum atomic E-state index is -0.00313. The number of halogens is 1. The van der Waals surface area contributed by atoms with Crippen molar-refractivity contribution in [2.75, 3.05) is 11.9 Å². The Kier molecular flexibility index (Phi) is 4.42. The predicted molar refractivity (Wildman–Crippen MR) is 94.8 cm³/mol. The largest absolute Gasteiger partial charge is 0.325 e. The molecule has 0 saturated carbocycles. The zero-order chi connectivity index (χ0) is 16.6. The molecule has 0 aliphatic carbocycles. The van der Waals surface area contributed by atoms with Crippen molar-refractivity contribution in [3.63, 3.8) is 0 Å². The van der Waals surface area contributed by atoms with Gasteiger partial charge in [0.1, 0.15) is 0 Å². The summed E-state index contributed by atoms with van der Waals surface area (Å²) in [5, 5.41) is 3.59. The van der Waals surface area contributed by atoms with E-state index in [1.807, 2.05) is 19.1 Å². The van der Waals surface area contributed by atoms with Gasteiger partial charge in [0.05, 0.1) is 6.54 Å². The highest BCUT2D eigenvalue weighted by molar-refractivity contribution is 6.31. The van der Waals surface area contributed by atoms with Crippen LogP contribution in [0.4, 0.5) is 5.69 Å². The van der Waals surface area contributed by atoms with Gasteiger partial charge in [-0.1, -0.05) is 29.8 Å². The standard InChI is InChI=1S/C19H21ClN2O/c1-12-4-5-17(20)8-18(12)21-19(23)11-22-9-15-6-13(2)14(3)7-16(15)10-22/h4-8H,9-11H2,1-3H3,(H,21,23). The number of fused-ring (bicyclic) bond motifs is 1. The first-order chi connectivity index (χ1) is 10.9. The second-order valence-electron chi connectivity index (χ2n) is 6.36. The van der Waals surface area contributed by atoms with Crippen molar-refractivity contribution < 1.29 is 4.79 Å². The van der Waals surface area contributed by atoms with Crippen LogP contribution in [0.1, 0.15) is 27.8 Å². The van der Waals surface area contributed by atoms with Gasteiger partial charge in [0.25, 0.3) is 0 Å². The van der Waals surface area contributed by atoms with E-state index >= 15 is 0 Å². The summed E-state index contributed by atoms with van der Waals surface area (Å²) in [7, 11) is 0. The van der Waals surface area contributed by atoms with Gasteiger partial charge in [-0.05, 0) is 60.7 Å². The second kappa shape index (κ2) is 6.34. The molecule has 0 radical (unpaired) electrons. The van der Waals surface area contributed by atoms with Crippen molar-refractivity contribution in [1.29, 1.82) is 0 Å². The van der Waals surface area contributed by atoms with Crippen molar-refractivity contribution in [3.8, 4) is 0 Å². The van der Waals surface area contributed by atoms with E-state index in [1.54, 1.807) is 6.07 Å². The van der Waals surface area contributed by atoms with E-state index in [0.29, 0.717) is 11.6 Å². The molecule has 120 valence electrons. The van der Waals surface area contributed by atoms with E-state index in [0.717, 1.165) is 24.3 Å². The van der Waals surface area contributed by atoms with Gasteiger partial charge in [0.15, 0.2) is 0 Å². The molecule has 4 heteroatoms. The van der Waals surface area contributed by atoms with E-state index in [-0.39, 0.29) is 5.91 Å². The van der Waals surface area contributed by atoms with Gasteiger partial charge in [-0.25, -0.2) is 0 Å². The van der Waals surface area contributed by atoms with Crippen LogP contribution in [0.15, 0.2) is 30.3 Å². The molecule has 3 nitrogen and oxygen atoms in total. The Morgan fingerprint density at radius 3 is 2.26 bits per heavy atom. The summed E-state index contributed by atoms with van der Waals surface area (Å²) >= 11 is 6.00. The lowest BCUT2D eigenvalue weighted by Gasteiger charge is -2.15. The van der Waals surface area contributed by atoms with Crippen molar-refractivity contribution in [2.45, 2.75) is 33.9 Å². The molecule has 3 rings (SSSR count). The van der Waals surface area contributed by atoms with Gasteiger partial charge in [0, 0.05) is 23.8 Å². The number of hydrogen-bond acceptors (Lipinski definition) is 2. The lowest BCUT2D eigenvalue weighted by molar-refractivity contribution is -0.117. The number of anilines is 1. The average molecular weight is 329 g/mol. The molecule has 0 atom stereocenters. The minimum Gasteiger partial charge on any atom is -0.325 e. The first-order valence-electron chi connectivity index (χ1n) is 7.80. The maximum Gasteiger partial charge on any atom is 0.238 e.